The highest BCUT2D eigenvalue weighted by Gasteiger charge is 2.18. The molecule has 84 valence electrons. The summed E-state index contributed by atoms with van der Waals surface area (Å²) in [5.41, 5.74) is 2.90. The SMILES string of the molecule is CC(=O)C(Br)c1cccc(CBr)c1CC#N. The molecular weight excluding hydrogens is 334 g/mol. The van der Waals surface area contributed by atoms with Crippen LogP contribution in [0.1, 0.15) is 28.4 Å². The Balaban J connectivity index is 3.27. The first-order chi connectivity index (χ1) is 7.61. The average molecular weight is 345 g/mol. The number of hydrogen-bond donors (Lipinski definition) is 0. The van der Waals surface area contributed by atoms with Gasteiger partial charge >= 0.3 is 0 Å². The van der Waals surface area contributed by atoms with Crippen LogP contribution in [0.3, 0.4) is 0 Å². The Bertz CT molecular complexity index is 437. The van der Waals surface area contributed by atoms with Crippen molar-refractivity contribution in [3.05, 3.63) is 34.9 Å². The molecule has 2 nitrogen and oxygen atoms in total. The van der Waals surface area contributed by atoms with Gasteiger partial charge in [-0.15, -0.1) is 0 Å². The van der Waals surface area contributed by atoms with E-state index in [1.54, 1.807) is 0 Å². The van der Waals surface area contributed by atoms with Crippen molar-refractivity contribution in [1.82, 2.24) is 0 Å². The second kappa shape index (κ2) is 6.17. The Labute approximate surface area is 112 Å². The van der Waals surface area contributed by atoms with Gasteiger partial charge in [0.05, 0.1) is 17.3 Å². The van der Waals surface area contributed by atoms with Crippen molar-refractivity contribution in [1.29, 1.82) is 5.26 Å². The summed E-state index contributed by atoms with van der Waals surface area (Å²) < 4.78 is 0. The van der Waals surface area contributed by atoms with Crippen LogP contribution in [0.5, 0.6) is 0 Å². The van der Waals surface area contributed by atoms with E-state index in [2.05, 4.69) is 37.9 Å². The Morgan fingerprint density at radius 3 is 2.75 bits per heavy atom. The molecule has 0 bridgehead atoms. The van der Waals surface area contributed by atoms with Gasteiger partial charge in [0, 0.05) is 5.33 Å². The van der Waals surface area contributed by atoms with E-state index in [0.717, 1.165) is 16.7 Å². The number of nitrogens with zero attached hydrogens (tertiary/aromatic N) is 1. The molecule has 1 unspecified atom stereocenters. The molecule has 0 aliphatic carbocycles. The summed E-state index contributed by atoms with van der Waals surface area (Å²) >= 11 is 6.75. The normalized spacial score (nSPS) is 11.9. The van der Waals surface area contributed by atoms with Crippen LogP contribution < -0.4 is 0 Å². The monoisotopic (exact) mass is 343 g/mol. The summed E-state index contributed by atoms with van der Waals surface area (Å²) in [4.78, 5) is 11.0. The van der Waals surface area contributed by atoms with Crippen molar-refractivity contribution in [2.24, 2.45) is 0 Å². The number of hydrogen-bond acceptors (Lipinski definition) is 2. The summed E-state index contributed by atoms with van der Waals surface area (Å²) in [6.45, 7) is 1.54. The molecule has 0 saturated heterocycles. The van der Waals surface area contributed by atoms with Crippen LogP contribution in [-0.2, 0) is 16.5 Å². The summed E-state index contributed by atoms with van der Waals surface area (Å²) in [5, 5.41) is 9.51. The number of halogens is 2. The lowest BCUT2D eigenvalue weighted by Crippen LogP contribution is -2.06. The van der Waals surface area contributed by atoms with Crippen LogP contribution in [-0.4, -0.2) is 5.78 Å². The van der Waals surface area contributed by atoms with E-state index in [9.17, 15) is 4.79 Å². The van der Waals surface area contributed by atoms with Gasteiger partial charge in [0.15, 0.2) is 0 Å². The third-order valence-corrected chi connectivity index (χ3v) is 4.08. The lowest BCUT2D eigenvalue weighted by atomic mass is 9.96. The minimum Gasteiger partial charge on any atom is -0.298 e. The molecule has 0 heterocycles. The van der Waals surface area contributed by atoms with Crippen molar-refractivity contribution >= 4 is 37.6 Å². The highest BCUT2D eigenvalue weighted by atomic mass is 79.9. The van der Waals surface area contributed by atoms with Gasteiger partial charge in [0.25, 0.3) is 0 Å². The largest absolute Gasteiger partial charge is 0.298 e. The Morgan fingerprint density at radius 2 is 2.25 bits per heavy atom. The summed E-state index contributed by atoms with van der Waals surface area (Å²) in [6.07, 6.45) is 0.326. The fourth-order valence-corrected chi connectivity index (χ4v) is 2.49. The van der Waals surface area contributed by atoms with E-state index in [0.29, 0.717) is 11.8 Å². The van der Waals surface area contributed by atoms with Crippen molar-refractivity contribution < 1.29 is 4.79 Å². The first-order valence-electron chi connectivity index (χ1n) is 4.80. The lowest BCUT2D eigenvalue weighted by Gasteiger charge is -2.14. The molecule has 0 fully saturated rings. The van der Waals surface area contributed by atoms with Gasteiger partial charge in [-0.05, 0) is 23.6 Å². The van der Waals surface area contributed by atoms with E-state index < -0.39 is 0 Å². The topological polar surface area (TPSA) is 40.9 Å². The van der Waals surface area contributed by atoms with E-state index in [-0.39, 0.29) is 10.6 Å². The molecule has 0 radical (unpaired) electrons. The van der Waals surface area contributed by atoms with Crippen LogP contribution in [0.4, 0.5) is 0 Å². The first-order valence-corrected chi connectivity index (χ1v) is 6.83. The molecule has 0 aliphatic heterocycles. The number of benzene rings is 1. The highest BCUT2D eigenvalue weighted by Crippen LogP contribution is 2.30. The summed E-state index contributed by atoms with van der Waals surface area (Å²) in [5.74, 6) is 0.0471. The van der Waals surface area contributed by atoms with Crippen molar-refractivity contribution in [3.63, 3.8) is 0 Å². The lowest BCUT2D eigenvalue weighted by molar-refractivity contribution is -0.116. The first kappa shape index (κ1) is 13.4. The second-order valence-electron chi connectivity index (χ2n) is 3.43. The second-order valence-corrected chi connectivity index (χ2v) is 4.90. The van der Waals surface area contributed by atoms with Crippen LogP contribution in [0.2, 0.25) is 0 Å². The zero-order chi connectivity index (χ0) is 12.1. The van der Waals surface area contributed by atoms with Gasteiger partial charge in [0.1, 0.15) is 5.78 Å². The van der Waals surface area contributed by atoms with Crippen molar-refractivity contribution in [2.45, 2.75) is 23.5 Å². The zero-order valence-electron chi connectivity index (χ0n) is 8.84. The van der Waals surface area contributed by atoms with Crippen molar-refractivity contribution in [2.75, 3.05) is 0 Å². The maximum absolute atomic E-state index is 11.4. The third kappa shape index (κ3) is 2.93. The van der Waals surface area contributed by atoms with Crippen LogP contribution in [0.25, 0.3) is 0 Å². The number of alkyl halides is 2. The predicted octanol–water partition coefficient (Wildman–Crippen LogP) is 3.67. The molecule has 4 heteroatoms. The summed E-state index contributed by atoms with van der Waals surface area (Å²) in [7, 11) is 0. The molecule has 1 rings (SSSR count). The number of carbonyl (C=O) groups excluding carboxylic acids is 1. The predicted molar refractivity (Wildman–Crippen MR) is 70.7 cm³/mol. The van der Waals surface area contributed by atoms with Gasteiger partial charge < -0.3 is 0 Å². The summed E-state index contributed by atoms with van der Waals surface area (Å²) in [6, 6.07) is 7.90. The molecule has 1 aromatic rings. The number of nitriles is 1. The van der Waals surface area contributed by atoms with Crippen LogP contribution >= 0.6 is 31.9 Å². The van der Waals surface area contributed by atoms with Crippen LogP contribution in [0.15, 0.2) is 18.2 Å². The smallest absolute Gasteiger partial charge is 0.147 e. The Kier molecular flexibility index (Phi) is 5.17. The molecule has 1 atom stereocenters. The van der Waals surface area contributed by atoms with E-state index >= 15 is 0 Å². The molecule has 1 aromatic carbocycles. The number of Topliss-reactive ketones (excluding diaryl/α,β-unsaturated/α-hetero) is 1. The standard InChI is InChI=1S/C12H11Br2NO/c1-8(16)12(14)11-4-2-3-9(7-13)10(11)5-6-15/h2-4,12H,5,7H2,1H3. The molecule has 0 N–H and O–H groups in total. The molecule has 0 spiro atoms. The fraction of sp³-hybridized carbons (Fsp3) is 0.333. The molecule has 0 aliphatic rings. The van der Waals surface area contributed by atoms with E-state index in [1.165, 1.54) is 6.92 Å². The minimum atomic E-state index is -0.324. The number of carbonyl (C=O) groups is 1. The van der Waals surface area contributed by atoms with Gasteiger partial charge in [-0.25, -0.2) is 0 Å². The number of rotatable bonds is 4. The average Bonchev–Trinajstić information content (AvgIpc) is 2.28. The van der Waals surface area contributed by atoms with Gasteiger partial charge in [0.2, 0.25) is 0 Å². The molecular formula is C12H11Br2NO. The van der Waals surface area contributed by atoms with Gasteiger partial charge in [-0.3, -0.25) is 4.79 Å². The molecule has 16 heavy (non-hydrogen) atoms. The van der Waals surface area contributed by atoms with E-state index in [4.69, 9.17) is 5.26 Å². The molecule has 0 saturated carbocycles. The third-order valence-electron chi connectivity index (χ3n) is 2.34. The van der Waals surface area contributed by atoms with Gasteiger partial charge in [-0.1, -0.05) is 50.1 Å². The van der Waals surface area contributed by atoms with E-state index in [1.807, 2.05) is 18.2 Å². The maximum Gasteiger partial charge on any atom is 0.147 e. The number of ketones is 1. The quantitative estimate of drug-likeness (QED) is 0.782. The van der Waals surface area contributed by atoms with Crippen LogP contribution in [0, 0.1) is 11.3 Å². The Morgan fingerprint density at radius 1 is 1.56 bits per heavy atom. The van der Waals surface area contributed by atoms with Gasteiger partial charge in [-0.2, -0.15) is 5.26 Å². The fourth-order valence-electron chi connectivity index (χ4n) is 1.53. The molecule has 0 aromatic heterocycles. The van der Waals surface area contributed by atoms with Crippen molar-refractivity contribution in [3.8, 4) is 6.07 Å². The Hall–Kier alpha value is -0.660. The zero-order valence-corrected chi connectivity index (χ0v) is 12.0. The molecule has 0 amide bonds. The maximum atomic E-state index is 11.4. The highest BCUT2D eigenvalue weighted by molar-refractivity contribution is 9.09. The minimum absolute atomic E-state index is 0.0471.